The second-order valence-electron chi connectivity index (χ2n) is 8.25. The van der Waals surface area contributed by atoms with Crippen molar-refractivity contribution in [3.05, 3.63) is 60.0 Å². The molecule has 3 aromatic rings. The maximum absolute atomic E-state index is 13.0. The average Bonchev–Trinajstić information content (AvgIpc) is 3.32. The lowest BCUT2D eigenvalue weighted by atomic mass is 10.1. The van der Waals surface area contributed by atoms with Crippen molar-refractivity contribution in [3.63, 3.8) is 0 Å². The van der Waals surface area contributed by atoms with Crippen LogP contribution in [0.1, 0.15) is 48.5 Å². The minimum absolute atomic E-state index is 0.0412. The molecule has 5 rings (SSSR count). The Kier molecular flexibility index (Phi) is 5.96. The van der Waals surface area contributed by atoms with Crippen molar-refractivity contribution in [2.45, 2.75) is 43.2 Å². The molecule has 0 saturated carbocycles. The number of nitrogens with one attached hydrogen (secondary N) is 1. The minimum Gasteiger partial charge on any atom is -0.485 e. The molecule has 1 aromatic heterocycles. The molecule has 11 heteroatoms. The van der Waals surface area contributed by atoms with Crippen LogP contribution in [0, 0.1) is 0 Å². The Balaban J connectivity index is 1.24. The molecule has 0 bridgehead atoms. The molecular formula is C23H24N4O6S. The van der Waals surface area contributed by atoms with Gasteiger partial charge in [0.2, 0.25) is 16.1 Å². The van der Waals surface area contributed by atoms with E-state index in [-0.39, 0.29) is 35.0 Å². The molecule has 10 nitrogen and oxygen atoms in total. The van der Waals surface area contributed by atoms with Crippen LogP contribution in [-0.4, -0.2) is 48.0 Å². The molecule has 1 amide bonds. The highest BCUT2D eigenvalue weighted by atomic mass is 32.2. The maximum Gasteiger partial charge on any atom is 0.322 e. The van der Waals surface area contributed by atoms with Gasteiger partial charge in [-0.1, -0.05) is 23.7 Å². The SMILES string of the molecule is C[C@@H]1CCCCN1S(=O)(=O)c1ccc(C(=O)Nc2nnc([C@H]3COc4ccccc4O3)o2)cc1. The fourth-order valence-corrected chi connectivity index (χ4v) is 5.77. The van der Waals surface area contributed by atoms with E-state index < -0.39 is 22.0 Å². The summed E-state index contributed by atoms with van der Waals surface area (Å²) >= 11 is 0. The topological polar surface area (TPSA) is 124 Å². The summed E-state index contributed by atoms with van der Waals surface area (Å²) in [5.74, 6) is 0.863. The number of hydrogen-bond acceptors (Lipinski definition) is 8. The first-order valence-corrected chi connectivity index (χ1v) is 12.5. The number of aromatic nitrogens is 2. The average molecular weight is 485 g/mol. The summed E-state index contributed by atoms with van der Waals surface area (Å²) < 4.78 is 44.5. The predicted octanol–water partition coefficient (Wildman–Crippen LogP) is 3.40. The first-order chi connectivity index (χ1) is 16.4. The zero-order valence-electron chi connectivity index (χ0n) is 18.5. The van der Waals surface area contributed by atoms with E-state index in [1.165, 1.54) is 28.6 Å². The van der Waals surface area contributed by atoms with Crippen LogP contribution in [0.2, 0.25) is 0 Å². The molecule has 1 saturated heterocycles. The summed E-state index contributed by atoms with van der Waals surface area (Å²) in [6.45, 7) is 2.62. The monoisotopic (exact) mass is 484 g/mol. The zero-order chi connectivity index (χ0) is 23.7. The highest BCUT2D eigenvalue weighted by molar-refractivity contribution is 7.89. The van der Waals surface area contributed by atoms with Gasteiger partial charge in [-0.25, -0.2) is 8.42 Å². The molecular weight excluding hydrogens is 460 g/mol. The standard InChI is InChI=1S/C23H24N4O6S/c1-15-6-4-5-13-27(15)34(29,30)17-11-9-16(10-12-17)21(28)24-23-26-25-22(33-23)20-14-31-18-7-2-3-8-19(18)32-20/h2-3,7-12,15,20H,4-6,13-14H2,1H3,(H,24,26,28)/t15-,20-/m1/s1. The quantitative estimate of drug-likeness (QED) is 0.584. The normalized spacial score (nSPS) is 20.6. The van der Waals surface area contributed by atoms with E-state index >= 15 is 0 Å². The van der Waals surface area contributed by atoms with Crippen molar-refractivity contribution in [3.8, 4) is 11.5 Å². The lowest BCUT2D eigenvalue weighted by molar-refractivity contribution is 0.0716. The van der Waals surface area contributed by atoms with Crippen molar-refractivity contribution < 1.29 is 27.1 Å². The van der Waals surface area contributed by atoms with E-state index in [2.05, 4.69) is 15.5 Å². The fourth-order valence-electron chi connectivity index (χ4n) is 4.07. The Labute approximate surface area is 196 Å². The van der Waals surface area contributed by atoms with E-state index in [1.54, 1.807) is 12.1 Å². The largest absolute Gasteiger partial charge is 0.485 e. The molecule has 2 atom stereocenters. The van der Waals surface area contributed by atoms with Gasteiger partial charge in [-0.15, -0.1) is 5.10 Å². The Morgan fingerprint density at radius 1 is 1.06 bits per heavy atom. The van der Waals surface area contributed by atoms with Gasteiger partial charge in [-0.2, -0.15) is 4.31 Å². The molecule has 2 aliphatic heterocycles. The highest BCUT2D eigenvalue weighted by Gasteiger charge is 2.31. The molecule has 1 N–H and O–H groups in total. The van der Waals surface area contributed by atoms with E-state index in [0.717, 1.165) is 19.3 Å². The minimum atomic E-state index is -3.61. The summed E-state index contributed by atoms with van der Waals surface area (Å²) in [4.78, 5) is 12.8. The van der Waals surface area contributed by atoms with Gasteiger partial charge in [0.1, 0.15) is 6.61 Å². The zero-order valence-corrected chi connectivity index (χ0v) is 19.3. The molecule has 0 unspecified atom stereocenters. The number of carbonyl (C=O) groups is 1. The van der Waals surface area contributed by atoms with Gasteiger partial charge >= 0.3 is 6.01 Å². The van der Waals surface area contributed by atoms with E-state index in [4.69, 9.17) is 13.9 Å². The Bertz CT molecular complexity index is 1290. The van der Waals surface area contributed by atoms with Crippen LogP contribution in [-0.2, 0) is 10.0 Å². The maximum atomic E-state index is 13.0. The van der Waals surface area contributed by atoms with Gasteiger partial charge in [0.15, 0.2) is 11.5 Å². The number of ether oxygens (including phenoxy) is 2. The number of hydrogen-bond donors (Lipinski definition) is 1. The first-order valence-electron chi connectivity index (χ1n) is 11.1. The van der Waals surface area contributed by atoms with Gasteiger partial charge in [0.05, 0.1) is 4.90 Å². The number of sulfonamides is 1. The highest BCUT2D eigenvalue weighted by Crippen LogP contribution is 2.35. The summed E-state index contributed by atoms with van der Waals surface area (Å²) in [5, 5.41) is 10.3. The molecule has 2 aromatic carbocycles. The third-order valence-corrected chi connectivity index (χ3v) is 7.94. The lowest BCUT2D eigenvalue weighted by Crippen LogP contribution is -2.41. The second-order valence-corrected chi connectivity index (χ2v) is 10.1. The summed E-state index contributed by atoms with van der Waals surface area (Å²) in [6.07, 6.45) is 2.11. The third kappa shape index (κ3) is 4.36. The number of rotatable bonds is 5. The summed E-state index contributed by atoms with van der Waals surface area (Å²) in [5.41, 5.74) is 0.261. The number of benzene rings is 2. The molecule has 3 heterocycles. The van der Waals surface area contributed by atoms with Crippen molar-refractivity contribution in [1.82, 2.24) is 14.5 Å². The number of para-hydroxylation sites is 2. The van der Waals surface area contributed by atoms with E-state index in [1.807, 2.05) is 19.1 Å². The number of carbonyl (C=O) groups excluding carboxylic acids is 1. The smallest absolute Gasteiger partial charge is 0.322 e. The van der Waals surface area contributed by atoms with Crippen LogP contribution in [0.25, 0.3) is 0 Å². The Hall–Kier alpha value is -3.44. The molecule has 0 radical (unpaired) electrons. The van der Waals surface area contributed by atoms with Crippen molar-refractivity contribution in [2.75, 3.05) is 18.5 Å². The third-order valence-electron chi connectivity index (χ3n) is 5.91. The Morgan fingerprint density at radius 3 is 2.59 bits per heavy atom. The first kappa shape index (κ1) is 22.4. The second kappa shape index (κ2) is 9.07. The van der Waals surface area contributed by atoms with Crippen LogP contribution >= 0.6 is 0 Å². The van der Waals surface area contributed by atoms with Crippen LogP contribution in [0.4, 0.5) is 6.01 Å². The van der Waals surface area contributed by atoms with Crippen molar-refractivity contribution in [1.29, 1.82) is 0 Å². The summed E-state index contributed by atoms with van der Waals surface area (Å²) in [6, 6.07) is 12.9. The molecule has 34 heavy (non-hydrogen) atoms. The van der Waals surface area contributed by atoms with E-state index in [9.17, 15) is 13.2 Å². The number of amides is 1. The molecule has 178 valence electrons. The fraction of sp³-hybridized carbons (Fsp3) is 0.348. The number of fused-ring (bicyclic) bond motifs is 1. The van der Waals surface area contributed by atoms with Gasteiger partial charge in [0, 0.05) is 18.2 Å². The van der Waals surface area contributed by atoms with E-state index in [0.29, 0.717) is 18.0 Å². The predicted molar refractivity (Wildman–Crippen MR) is 121 cm³/mol. The van der Waals surface area contributed by atoms with Gasteiger partial charge in [-0.3, -0.25) is 10.1 Å². The number of piperidine rings is 1. The number of anilines is 1. The number of nitrogens with zero attached hydrogens (tertiary/aromatic N) is 3. The molecule has 2 aliphatic rings. The van der Waals surface area contributed by atoms with Crippen LogP contribution in [0.3, 0.4) is 0 Å². The van der Waals surface area contributed by atoms with Crippen LogP contribution < -0.4 is 14.8 Å². The van der Waals surface area contributed by atoms with Crippen molar-refractivity contribution in [2.24, 2.45) is 0 Å². The molecule has 1 fully saturated rings. The van der Waals surface area contributed by atoms with Crippen molar-refractivity contribution >= 4 is 21.9 Å². The van der Waals surface area contributed by atoms with Crippen LogP contribution in [0.15, 0.2) is 57.8 Å². The molecule has 0 spiro atoms. The van der Waals surface area contributed by atoms with Gasteiger partial charge in [-0.05, 0) is 56.2 Å². The lowest BCUT2D eigenvalue weighted by Gasteiger charge is -2.32. The molecule has 0 aliphatic carbocycles. The summed E-state index contributed by atoms with van der Waals surface area (Å²) in [7, 11) is -3.61. The van der Waals surface area contributed by atoms with Crippen LogP contribution in [0.5, 0.6) is 11.5 Å². The van der Waals surface area contributed by atoms with Gasteiger partial charge in [0.25, 0.3) is 11.8 Å². The van der Waals surface area contributed by atoms with Gasteiger partial charge < -0.3 is 13.9 Å². The Morgan fingerprint density at radius 2 is 1.82 bits per heavy atom.